The molecule has 4 nitrogen and oxygen atoms in total. The first kappa shape index (κ1) is 14.3. The number of ether oxygens (including phenoxy) is 1. The molecule has 2 unspecified atom stereocenters. The van der Waals surface area contributed by atoms with E-state index in [1.165, 1.54) is 7.11 Å². The van der Waals surface area contributed by atoms with Crippen LogP contribution in [0.5, 0.6) is 5.75 Å². The van der Waals surface area contributed by atoms with Crippen molar-refractivity contribution in [3.63, 3.8) is 0 Å². The van der Waals surface area contributed by atoms with Gasteiger partial charge in [-0.15, -0.1) is 0 Å². The van der Waals surface area contributed by atoms with Crippen LogP contribution in [0.2, 0.25) is 5.02 Å². The topological polar surface area (TPSA) is 69.4 Å². The van der Waals surface area contributed by atoms with Gasteiger partial charge in [0.1, 0.15) is 5.75 Å². The van der Waals surface area contributed by atoms with Gasteiger partial charge in [0.25, 0.3) is 0 Å². The first-order chi connectivity index (χ1) is 7.77. The number of nitrogens with two attached hydrogens (primary N) is 1. The predicted molar refractivity (Wildman–Crippen MR) is 69.2 cm³/mol. The van der Waals surface area contributed by atoms with E-state index < -0.39 is 21.1 Å². The summed E-state index contributed by atoms with van der Waals surface area (Å²) in [7, 11) is -1.71. The third-order valence-corrected chi connectivity index (χ3v) is 4.61. The monoisotopic (exact) mass is 277 g/mol. The first-order valence-corrected chi connectivity index (χ1v) is 7.38. The Hall–Kier alpha value is -0.780. The van der Waals surface area contributed by atoms with Crippen LogP contribution in [0.3, 0.4) is 0 Å². The Balaban J connectivity index is 3.19. The fourth-order valence-electron chi connectivity index (χ4n) is 1.48. The molecule has 96 valence electrons. The molecule has 0 aliphatic heterocycles. The van der Waals surface area contributed by atoms with Crippen LogP contribution in [0.4, 0.5) is 0 Å². The van der Waals surface area contributed by atoms with Gasteiger partial charge in [0.2, 0.25) is 0 Å². The smallest absolute Gasteiger partial charge is 0.151 e. The Morgan fingerprint density at radius 1 is 1.41 bits per heavy atom. The Kier molecular flexibility index (Phi) is 4.41. The molecule has 2 N–H and O–H groups in total. The van der Waals surface area contributed by atoms with Crippen LogP contribution in [0.15, 0.2) is 18.2 Å². The molecule has 0 amide bonds. The molecule has 17 heavy (non-hydrogen) atoms. The number of hydrogen-bond acceptors (Lipinski definition) is 4. The SMILES string of the molecule is COc1ccc(Cl)cc1C(N)C(C)S(C)(=O)=O. The van der Waals surface area contributed by atoms with E-state index in [0.29, 0.717) is 16.3 Å². The molecule has 0 spiro atoms. The molecule has 0 saturated heterocycles. The maximum Gasteiger partial charge on any atom is 0.151 e. The van der Waals surface area contributed by atoms with Crippen molar-refractivity contribution < 1.29 is 13.2 Å². The van der Waals surface area contributed by atoms with E-state index in [4.69, 9.17) is 22.1 Å². The number of sulfone groups is 1. The zero-order valence-corrected chi connectivity index (χ0v) is 11.5. The van der Waals surface area contributed by atoms with Crippen LogP contribution in [-0.2, 0) is 9.84 Å². The van der Waals surface area contributed by atoms with Crippen LogP contribution in [-0.4, -0.2) is 27.0 Å². The molecular formula is C11H16ClNO3S. The van der Waals surface area contributed by atoms with Crippen LogP contribution >= 0.6 is 11.6 Å². The normalized spacial score (nSPS) is 15.4. The summed E-state index contributed by atoms with van der Waals surface area (Å²) in [6, 6.07) is 4.31. The summed E-state index contributed by atoms with van der Waals surface area (Å²) in [5.74, 6) is 0.539. The Bertz CT molecular complexity index is 501. The molecule has 1 rings (SSSR count). The highest BCUT2D eigenvalue weighted by Gasteiger charge is 2.26. The number of benzene rings is 1. The predicted octanol–water partition coefficient (Wildman–Crippen LogP) is 1.78. The second-order valence-electron chi connectivity index (χ2n) is 3.95. The first-order valence-electron chi connectivity index (χ1n) is 5.05. The highest BCUT2D eigenvalue weighted by Crippen LogP contribution is 2.30. The molecular weight excluding hydrogens is 262 g/mol. The molecule has 6 heteroatoms. The Labute approximate surface area is 107 Å². The van der Waals surface area contributed by atoms with Crippen LogP contribution in [0.1, 0.15) is 18.5 Å². The van der Waals surface area contributed by atoms with Gasteiger partial charge in [0.05, 0.1) is 12.4 Å². The molecule has 0 bridgehead atoms. The number of halogens is 1. The largest absolute Gasteiger partial charge is 0.496 e. The van der Waals surface area contributed by atoms with Crippen molar-refractivity contribution in [2.75, 3.05) is 13.4 Å². The lowest BCUT2D eigenvalue weighted by Gasteiger charge is -2.21. The third kappa shape index (κ3) is 3.34. The number of methoxy groups -OCH3 is 1. The van der Waals surface area contributed by atoms with Gasteiger partial charge in [-0.05, 0) is 25.1 Å². The molecule has 0 aromatic heterocycles. The summed E-state index contributed by atoms with van der Waals surface area (Å²) < 4.78 is 28.1. The lowest BCUT2D eigenvalue weighted by molar-refractivity contribution is 0.405. The zero-order chi connectivity index (χ0) is 13.2. The van der Waals surface area contributed by atoms with E-state index in [1.807, 2.05) is 0 Å². The fraction of sp³-hybridized carbons (Fsp3) is 0.455. The molecule has 0 radical (unpaired) electrons. The fourth-order valence-corrected chi connectivity index (χ4v) is 2.34. The van der Waals surface area contributed by atoms with E-state index in [0.717, 1.165) is 6.26 Å². The second kappa shape index (κ2) is 5.25. The quantitative estimate of drug-likeness (QED) is 0.911. The summed E-state index contributed by atoms with van der Waals surface area (Å²) in [4.78, 5) is 0. The Morgan fingerprint density at radius 3 is 2.47 bits per heavy atom. The van der Waals surface area contributed by atoms with Crippen molar-refractivity contribution in [2.24, 2.45) is 5.73 Å². The van der Waals surface area contributed by atoms with Gasteiger partial charge in [-0.25, -0.2) is 8.42 Å². The molecule has 2 atom stereocenters. The summed E-state index contributed by atoms with van der Waals surface area (Å²) in [6.07, 6.45) is 1.16. The van der Waals surface area contributed by atoms with Gasteiger partial charge in [0, 0.05) is 22.9 Å². The van der Waals surface area contributed by atoms with E-state index in [9.17, 15) is 8.42 Å². The summed E-state index contributed by atoms with van der Waals surface area (Å²) in [6.45, 7) is 1.57. The van der Waals surface area contributed by atoms with Gasteiger partial charge >= 0.3 is 0 Å². The highest BCUT2D eigenvalue weighted by molar-refractivity contribution is 7.91. The van der Waals surface area contributed by atoms with Gasteiger partial charge in [-0.2, -0.15) is 0 Å². The third-order valence-electron chi connectivity index (χ3n) is 2.73. The van der Waals surface area contributed by atoms with Crippen molar-refractivity contribution in [1.82, 2.24) is 0 Å². The van der Waals surface area contributed by atoms with Crippen LogP contribution < -0.4 is 10.5 Å². The molecule has 0 aliphatic carbocycles. The van der Waals surface area contributed by atoms with Crippen molar-refractivity contribution in [2.45, 2.75) is 18.2 Å². The molecule has 0 saturated carbocycles. The minimum absolute atomic E-state index is 0.497. The summed E-state index contributed by atoms with van der Waals surface area (Å²) in [5.41, 5.74) is 6.55. The lowest BCUT2D eigenvalue weighted by Crippen LogP contribution is -2.30. The van der Waals surface area contributed by atoms with Crippen molar-refractivity contribution in [3.8, 4) is 5.75 Å². The van der Waals surface area contributed by atoms with Gasteiger partial charge < -0.3 is 10.5 Å². The molecule has 1 aromatic carbocycles. The maximum atomic E-state index is 11.5. The standard InChI is InChI=1S/C11H16ClNO3S/c1-7(17(3,14)15)11(13)9-6-8(12)4-5-10(9)16-2/h4-7,11H,13H2,1-3H3. The molecule has 1 aromatic rings. The summed E-state index contributed by atoms with van der Waals surface area (Å²) in [5, 5.41) is -0.202. The minimum atomic E-state index is -3.21. The van der Waals surface area contributed by atoms with E-state index in [2.05, 4.69) is 0 Å². The number of rotatable bonds is 4. The van der Waals surface area contributed by atoms with Crippen LogP contribution in [0.25, 0.3) is 0 Å². The molecule has 0 fully saturated rings. The van der Waals surface area contributed by atoms with Crippen molar-refractivity contribution in [3.05, 3.63) is 28.8 Å². The van der Waals surface area contributed by atoms with E-state index in [1.54, 1.807) is 25.1 Å². The Morgan fingerprint density at radius 2 is 2.00 bits per heavy atom. The maximum absolute atomic E-state index is 11.5. The van der Waals surface area contributed by atoms with Gasteiger partial charge in [-0.3, -0.25) is 0 Å². The molecule has 0 heterocycles. The zero-order valence-electron chi connectivity index (χ0n) is 9.98. The van der Waals surface area contributed by atoms with Crippen molar-refractivity contribution in [1.29, 1.82) is 0 Å². The highest BCUT2D eigenvalue weighted by atomic mass is 35.5. The van der Waals surface area contributed by atoms with Gasteiger partial charge in [-0.1, -0.05) is 11.6 Å². The van der Waals surface area contributed by atoms with Crippen LogP contribution in [0, 0.1) is 0 Å². The lowest BCUT2D eigenvalue weighted by atomic mass is 10.0. The second-order valence-corrected chi connectivity index (χ2v) is 6.79. The average molecular weight is 278 g/mol. The molecule has 0 aliphatic rings. The van der Waals surface area contributed by atoms with E-state index in [-0.39, 0.29) is 0 Å². The van der Waals surface area contributed by atoms with Crippen molar-refractivity contribution >= 4 is 21.4 Å². The van der Waals surface area contributed by atoms with Gasteiger partial charge in [0.15, 0.2) is 9.84 Å². The average Bonchev–Trinajstić information content (AvgIpc) is 2.25. The number of hydrogen-bond donors (Lipinski definition) is 1. The van der Waals surface area contributed by atoms with E-state index >= 15 is 0 Å². The minimum Gasteiger partial charge on any atom is -0.496 e. The summed E-state index contributed by atoms with van der Waals surface area (Å²) >= 11 is 5.88.